The number of imidazole rings is 1. The van der Waals surface area contributed by atoms with Gasteiger partial charge in [-0.15, -0.1) is 0 Å². The van der Waals surface area contributed by atoms with Crippen molar-refractivity contribution in [3.8, 4) is 11.3 Å². The second-order valence-corrected chi connectivity index (χ2v) is 7.88. The van der Waals surface area contributed by atoms with Crippen LogP contribution in [0.15, 0.2) is 30.6 Å². The number of aromatic amines is 1. The monoisotopic (exact) mass is 421 g/mol. The number of rotatable bonds is 5. The van der Waals surface area contributed by atoms with E-state index >= 15 is 0 Å². The van der Waals surface area contributed by atoms with E-state index in [-0.39, 0.29) is 24.3 Å². The number of hydrogen-bond donors (Lipinski definition) is 4. The third kappa shape index (κ3) is 3.40. The normalized spacial score (nSPS) is 16.3. The number of aromatic nitrogens is 4. The van der Waals surface area contributed by atoms with Gasteiger partial charge in [0.25, 0.3) is 0 Å². The van der Waals surface area contributed by atoms with E-state index in [0.717, 1.165) is 52.7 Å². The predicted molar refractivity (Wildman–Crippen MR) is 118 cm³/mol. The van der Waals surface area contributed by atoms with Crippen LogP contribution in [0.25, 0.3) is 33.3 Å². The highest BCUT2D eigenvalue weighted by molar-refractivity contribution is 6.07. The second-order valence-electron chi connectivity index (χ2n) is 7.88. The molecule has 31 heavy (non-hydrogen) atoms. The summed E-state index contributed by atoms with van der Waals surface area (Å²) >= 11 is 0. The smallest absolute Gasteiger partial charge is 0.237 e. The van der Waals surface area contributed by atoms with Gasteiger partial charge in [-0.25, -0.2) is 14.4 Å². The number of anilines is 1. The van der Waals surface area contributed by atoms with E-state index in [1.807, 2.05) is 24.7 Å². The highest BCUT2D eigenvalue weighted by atomic mass is 19.1. The molecule has 0 saturated carbocycles. The predicted octanol–water partition coefficient (Wildman–Crippen LogP) is 2.67. The molecule has 160 valence electrons. The Morgan fingerprint density at radius 3 is 3.00 bits per heavy atom. The van der Waals surface area contributed by atoms with Crippen LogP contribution in [-0.4, -0.2) is 45.1 Å². The van der Waals surface area contributed by atoms with Crippen molar-refractivity contribution in [1.82, 2.24) is 30.2 Å². The van der Waals surface area contributed by atoms with E-state index in [1.165, 1.54) is 6.07 Å². The Morgan fingerprint density at radius 2 is 2.23 bits per heavy atom. The lowest BCUT2D eigenvalue weighted by Crippen LogP contribution is -2.40. The van der Waals surface area contributed by atoms with Crippen LogP contribution in [0.3, 0.4) is 0 Å². The fourth-order valence-electron chi connectivity index (χ4n) is 4.22. The summed E-state index contributed by atoms with van der Waals surface area (Å²) in [6.07, 6.45) is 3.56. The number of nitrogens with zero attached hydrogens (tertiary/aromatic N) is 3. The number of benzene rings is 1. The molecule has 1 atom stereocenters. The van der Waals surface area contributed by atoms with Crippen LogP contribution in [-0.2, 0) is 18.4 Å². The van der Waals surface area contributed by atoms with E-state index in [1.54, 1.807) is 18.5 Å². The zero-order chi connectivity index (χ0) is 21.5. The van der Waals surface area contributed by atoms with Crippen LogP contribution in [0.5, 0.6) is 0 Å². The van der Waals surface area contributed by atoms with Crippen LogP contribution in [0, 0.1) is 5.82 Å². The van der Waals surface area contributed by atoms with Gasteiger partial charge in [0.1, 0.15) is 17.0 Å². The van der Waals surface area contributed by atoms with Gasteiger partial charge in [-0.2, -0.15) is 0 Å². The van der Waals surface area contributed by atoms with Gasteiger partial charge in [0.2, 0.25) is 5.91 Å². The summed E-state index contributed by atoms with van der Waals surface area (Å²) < 4.78 is 16.4. The highest BCUT2D eigenvalue weighted by Crippen LogP contribution is 2.32. The maximum atomic E-state index is 14.4. The van der Waals surface area contributed by atoms with E-state index in [0.29, 0.717) is 11.4 Å². The Labute approximate surface area is 178 Å². The summed E-state index contributed by atoms with van der Waals surface area (Å²) in [5.41, 5.74) is 4.58. The molecule has 0 radical (unpaired) electrons. The molecule has 1 fully saturated rings. The molecule has 0 spiro atoms. The number of nitrogens with one attached hydrogen (secondary N) is 4. The van der Waals surface area contributed by atoms with Gasteiger partial charge in [0.15, 0.2) is 5.82 Å². The molecule has 4 N–H and O–H groups in total. The Hall–Kier alpha value is -3.46. The number of H-pyrrole nitrogens is 1. The molecule has 4 heterocycles. The first kappa shape index (κ1) is 19.5. The highest BCUT2D eigenvalue weighted by Gasteiger charge is 2.22. The average molecular weight is 421 g/mol. The number of amides is 1. The quantitative estimate of drug-likeness (QED) is 0.397. The first-order valence-corrected chi connectivity index (χ1v) is 10.4. The number of aryl methyl sites for hydroxylation is 1. The van der Waals surface area contributed by atoms with Gasteiger partial charge in [0, 0.05) is 37.3 Å². The lowest BCUT2D eigenvalue weighted by Gasteiger charge is -2.12. The molecular formula is C22H24FN7O. The van der Waals surface area contributed by atoms with Gasteiger partial charge < -0.3 is 25.5 Å². The van der Waals surface area contributed by atoms with Gasteiger partial charge in [-0.05, 0) is 49.2 Å². The summed E-state index contributed by atoms with van der Waals surface area (Å²) in [5.74, 6) is 0.263. The van der Waals surface area contributed by atoms with Gasteiger partial charge in [0.05, 0.1) is 17.9 Å². The third-order valence-corrected chi connectivity index (χ3v) is 5.86. The Balaban J connectivity index is 1.48. The van der Waals surface area contributed by atoms with Crippen LogP contribution >= 0.6 is 0 Å². The van der Waals surface area contributed by atoms with E-state index < -0.39 is 0 Å². The molecular weight excluding hydrogens is 397 g/mol. The fraction of sp³-hybridized carbons (Fsp3) is 0.318. The number of halogens is 1. The van der Waals surface area contributed by atoms with Crippen LogP contribution < -0.4 is 16.0 Å². The first-order chi connectivity index (χ1) is 15.0. The molecule has 5 rings (SSSR count). The fourth-order valence-corrected chi connectivity index (χ4v) is 4.22. The standard InChI is InChI=1S/C22H24FN7O/c1-24-21-18-19(30(2)11-27-18)14-9-17(28-20(14)29-21)12-5-6-15(23)13(8-12)10-26-22(31)16-4-3-7-25-16/h5-6,8-9,11,16,25H,3-4,7,10H2,1-2H3,(H,26,31)(H2,24,28,29)/t16-/m0/s1. The van der Waals surface area contributed by atoms with Crippen LogP contribution in [0.4, 0.5) is 10.2 Å². The lowest BCUT2D eigenvalue weighted by molar-refractivity contribution is -0.122. The first-order valence-electron chi connectivity index (χ1n) is 10.4. The van der Waals surface area contributed by atoms with E-state index in [9.17, 15) is 9.18 Å². The van der Waals surface area contributed by atoms with Crippen molar-refractivity contribution in [3.63, 3.8) is 0 Å². The summed E-state index contributed by atoms with van der Waals surface area (Å²) in [7, 11) is 3.76. The van der Waals surface area contributed by atoms with Crippen molar-refractivity contribution in [2.75, 3.05) is 18.9 Å². The van der Waals surface area contributed by atoms with E-state index in [2.05, 4.69) is 30.9 Å². The number of pyridine rings is 1. The van der Waals surface area contributed by atoms with Crippen molar-refractivity contribution in [3.05, 3.63) is 42.0 Å². The number of hydrogen-bond acceptors (Lipinski definition) is 5. The minimum Gasteiger partial charge on any atom is -0.371 e. The summed E-state index contributed by atoms with van der Waals surface area (Å²) in [4.78, 5) is 24.7. The van der Waals surface area contributed by atoms with Gasteiger partial charge >= 0.3 is 0 Å². The van der Waals surface area contributed by atoms with Crippen molar-refractivity contribution in [2.24, 2.45) is 7.05 Å². The topological polar surface area (TPSA) is 99.7 Å². The zero-order valence-electron chi connectivity index (χ0n) is 17.4. The lowest BCUT2D eigenvalue weighted by atomic mass is 10.1. The third-order valence-electron chi connectivity index (χ3n) is 5.86. The van der Waals surface area contributed by atoms with Gasteiger partial charge in [-0.3, -0.25) is 4.79 Å². The molecule has 0 unspecified atom stereocenters. The average Bonchev–Trinajstić information content (AvgIpc) is 3.52. The van der Waals surface area contributed by atoms with Crippen molar-refractivity contribution in [1.29, 1.82) is 0 Å². The second kappa shape index (κ2) is 7.66. The van der Waals surface area contributed by atoms with E-state index in [4.69, 9.17) is 0 Å². The molecule has 0 bridgehead atoms. The molecule has 1 amide bonds. The summed E-state index contributed by atoms with van der Waals surface area (Å²) in [6.45, 7) is 0.987. The molecule has 9 heteroatoms. The Kier molecular flexibility index (Phi) is 4.82. The molecule has 1 aromatic carbocycles. The molecule has 3 aromatic heterocycles. The van der Waals surface area contributed by atoms with Crippen LogP contribution in [0.2, 0.25) is 0 Å². The molecule has 4 aromatic rings. The number of carbonyl (C=O) groups excluding carboxylic acids is 1. The Morgan fingerprint density at radius 1 is 1.35 bits per heavy atom. The Bertz CT molecular complexity index is 1290. The van der Waals surface area contributed by atoms with Crippen molar-refractivity contribution in [2.45, 2.75) is 25.4 Å². The van der Waals surface area contributed by atoms with Crippen LogP contribution in [0.1, 0.15) is 18.4 Å². The zero-order valence-corrected chi connectivity index (χ0v) is 17.4. The minimum absolute atomic E-state index is 0.0877. The maximum Gasteiger partial charge on any atom is 0.237 e. The summed E-state index contributed by atoms with van der Waals surface area (Å²) in [5, 5.41) is 10.0. The molecule has 1 aliphatic heterocycles. The maximum absolute atomic E-state index is 14.4. The van der Waals surface area contributed by atoms with Gasteiger partial charge in [-0.1, -0.05) is 0 Å². The molecule has 0 aliphatic carbocycles. The molecule has 8 nitrogen and oxygen atoms in total. The molecule has 1 saturated heterocycles. The SMILES string of the molecule is CNc1nc2[nH]c(-c3ccc(F)c(CNC(=O)[C@@H]4CCCN4)c3)cc2c2c1ncn2C. The summed E-state index contributed by atoms with van der Waals surface area (Å²) in [6, 6.07) is 6.74. The number of carbonyl (C=O) groups is 1. The van der Waals surface area contributed by atoms with Crippen molar-refractivity contribution < 1.29 is 9.18 Å². The largest absolute Gasteiger partial charge is 0.371 e. The minimum atomic E-state index is -0.343. The van der Waals surface area contributed by atoms with Crippen molar-refractivity contribution >= 4 is 33.8 Å². The molecule has 1 aliphatic rings. The number of fused-ring (bicyclic) bond motifs is 3.